The summed E-state index contributed by atoms with van der Waals surface area (Å²) in [5.74, 6) is -1.63. The molecule has 0 aliphatic rings. The number of amides is 1. The lowest BCUT2D eigenvalue weighted by molar-refractivity contribution is -0.384. The smallest absolute Gasteiger partial charge is 0.335 e. The number of nitrogens with one attached hydrogen (secondary N) is 1. The Balaban J connectivity index is 1.72. The number of anilines is 1. The molecule has 192 valence electrons. The number of rotatable bonds is 8. The molecule has 0 fully saturated rings. The highest BCUT2D eigenvalue weighted by Gasteiger charge is 2.24. The van der Waals surface area contributed by atoms with E-state index in [4.69, 9.17) is 28.3 Å². The van der Waals surface area contributed by atoms with Crippen molar-refractivity contribution in [1.82, 2.24) is 4.57 Å². The van der Waals surface area contributed by atoms with Crippen molar-refractivity contribution >= 4 is 46.5 Å². The highest BCUT2D eigenvalue weighted by molar-refractivity contribution is 6.31. The van der Waals surface area contributed by atoms with Gasteiger partial charge in [0.2, 0.25) is 5.91 Å². The number of hydrogen-bond donors (Lipinski definition) is 2. The molecule has 11 heteroatoms. The minimum atomic E-state index is -1.10. The first-order valence-electron chi connectivity index (χ1n) is 11.2. The predicted molar refractivity (Wildman–Crippen MR) is 144 cm³/mol. The van der Waals surface area contributed by atoms with E-state index in [1.54, 1.807) is 24.3 Å². The molecule has 0 aliphatic heterocycles. The highest BCUT2D eigenvalue weighted by atomic mass is 35.5. The largest absolute Gasteiger partial charge is 0.478 e. The number of carboxylic acid groups (broad SMARTS) is 1. The molecule has 0 saturated carbocycles. The van der Waals surface area contributed by atoms with Crippen molar-refractivity contribution in [3.05, 3.63) is 127 Å². The van der Waals surface area contributed by atoms with Crippen LogP contribution < -0.4 is 10.9 Å². The number of nitrogens with zero attached hydrogens (tertiary/aromatic N) is 2. The Morgan fingerprint density at radius 3 is 2.32 bits per heavy atom. The zero-order valence-corrected chi connectivity index (χ0v) is 21.0. The van der Waals surface area contributed by atoms with E-state index >= 15 is 0 Å². The van der Waals surface area contributed by atoms with Crippen LogP contribution in [0.3, 0.4) is 0 Å². The first-order valence-corrected chi connectivity index (χ1v) is 11.9. The molecule has 38 heavy (non-hydrogen) atoms. The van der Waals surface area contributed by atoms with Crippen molar-refractivity contribution in [2.75, 3.05) is 5.32 Å². The minimum Gasteiger partial charge on any atom is -0.478 e. The highest BCUT2D eigenvalue weighted by Crippen LogP contribution is 2.32. The number of carbonyl (C=O) groups is 2. The van der Waals surface area contributed by atoms with Crippen molar-refractivity contribution in [1.29, 1.82) is 0 Å². The molecule has 2 N–H and O–H groups in total. The molecule has 3 aromatic carbocycles. The van der Waals surface area contributed by atoms with Gasteiger partial charge >= 0.3 is 5.97 Å². The summed E-state index contributed by atoms with van der Waals surface area (Å²) in [5, 5.41) is 24.0. The van der Waals surface area contributed by atoms with Crippen LogP contribution in [0.4, 0.5) is 11.4 Å². The summed E-state index contributed by atoms with van der Waals surface area (Å²) >= 11 is 12.2. The fraction of sp³-hybridized carbons (Fsp3) is 0.0741. The van der Waals surface area contributed by atoms with Crippen LogP contribution in [0.15, 0.2) is 89.9 Å². The van der Waals surface area contributed by atoms with Crippen LogP contribution >= 0.6 is 23.2 Å². The second-order valence-corrected chi connectivity index (χ2v) is 9.17. The lowest BCUT2D eigenvalue weighted by Crippen LogP contribution is -2.34. The van der Waals surface area contributed by atoms with Gasteiger partial charge in [0.25, 0.3) is 11.2 Å². The van der Waals surface area contributed by atoms with E-state index in [0.717, 1.165) is 0 Å². The van der Waals surface area contributed by atoms with Crippen molar-refractivity contribution in [3.8, 4) is 11.1 Å². The van der Waals surface area contributed by atoms with E-state index in [-0.39, 0.29) is 33.8 Å². The Morgan fingerprint density at radius 1 is 0.974 bits per heavy atom. The number of halogens is 2. The third-order valence-corrected chi connectivity index (χ3v) is 6.24. The summed E-state index contributed by atoms with van der Waals surface area (Å²) in [6.07, 6.45) is 1.50. The average Bonchev–Trinajstić information content (AvgIpc) is 2.87. The lowest BCUT2D eigenvalue weighted by atomic mass is 10.0. The van der Waals surface area contributed by atoms with Gasteiger partial charge in [0.1, 0.15) is 6.04 Å². The molecular formula is C27H19Cl2N3O6. The number of aromatic nitrogens is 1. The van der Waals surface area contributed by atoms with Crippen molar-refractivity contribution < 1.29 is 19.6 Å². The summed E-state index contributed by atoms with van der Waals surface area (Å²) in [6, 6.07) is 18.2. The molecule has 1 aromatic heterocycles. The first-order chi connectivity index (χ1) is 18.1. The van der Waals surface area contributed by atoms with E-state index in [1.165, 1.54) is 65.4 Å². The number of pyridine rings is 1. The van der Waals surface area contributed by atoms with Gasteiger partial charge in [0.05, 0.1) is 16.1 Å². The number of carbonyl (C=O) groups excluding carboxylic acids is 1. The number of aromatic carboxylic acids is 1. The van der Waals surface area contributed by atoms with Crippen LogP contribution in [-0.4, -0.2) is 26.5 Å². The summed E-state index contributed by atoms with van der Waals surface area (Å²) in [5.41, 5.74) is 0.744. The van der Waals surface area contributed by atoms with Crippen LogP contribution in [0.5, 0.6) is 0 Å². The fourth-order valence-corrected chi connectivity index (χ4v) is 4.32. The van der Waals surface area contributed by atoms with Gasteiger partial charge < -0.3 is 15.0 Å². The topological polar surface area (TPSA) is 132 Å². The second kappa shape index (κ2) is 11.3. The molecule has 1 heterocycles. The first kappa shape index (κ1) is 26.6. The minimum absolute atomic E-state index is 0.0559. The molecule has 1 amide bonds. The molecule has 4 aromatic rings. The summed E-state index contributed by atoms with van der Waals surface area (Å²) in [6.45, 7) is 0. The summed E-state index contributed by atoms with van der Waals surface area (Å²) in [7, 11) is 0. The molecule has 0 aliphatic carbocycles. The Labute approximate surface area is 226 Å². The molecule has 0 bridgehead atoms. The van der Waals surface area contributed by atoms with E-state index in [9.17, 15) is 24.5 Å². The lowest BCUT2D eigenvalue weighted by Gasteiger charge is -2.20. The van der Waals surface area contributed by atoms with Gasteiger partial charge in [0, 0.05) is 40.5 Å². The van der Waals surface area contributed by atoms with Crippen LogP contribution in [0.25, 0.3) is 11.1 Å². The molecule has 9 nitrogen and oxygen atoms in total. The van der Waals surface area contributed by atoms with Crippen LogP contribution in [0.1, 0.15) is 22.0 Å². The summed E-state index contributed by atoms with van der Waals surface area (Å²) < 4.78 is 1.22. The van der Waals surface area contributed by atoms with Crippen molar-refractivity contribution in [2.45, 2.75) is 12.5 Å². The number of nitro benzene ring substituents is 1. The average molecular weight is 552 g/mol. The van der Waals surface area contributed by atoms with Crippen LogP contribution in [0, 0.1) is 10.1 Å². The molecule has 0 saturated heterocycles. The van der Waals surface area contributed by atoms with Crippen LogP contribution in [-0.2, 0) is 11.2 Å². The predicted octanol–water partition coefficient (Wildman–Crippen LogP) is 5.85. The molecular weight excluding hydrogens is 533 g/mol. The number of benzene rings is 3. The SMILES string of the molecule is O=C(O)c1ccc(NC(=O)[C@@H](Cc2cccc(Cl)c2)n2ccc(-c3cc(Cl)ccc3[N+](=O)[O-])cc2=O)cc1. The molecule has 0 unspecified atom stereocenters. The van der Waals surface area contributed by atoms with E-state index in [1.807, 2.05) is 0 Å². The van der Waals surface area contributed by atoms with Crippen LogP contribution in [0.2, 0.25) is 10.0 Å². The Morgan fingerprint density at radius 2 is 1.68 bits per heavy atom. The van der Waals surface area contributed by atoms with Crippen molar-refractivity contribution in [3.63, 3.8) is 0 Å². The zero-order valence-electron chi connectivity index (χ0n) is 19.5. The monoisotopic (exact) mass is 551 g/mol. The van der Waals surface area contributed by atoms with Gasteiger partial charge in [0.15, 0.2) is 0 Å². The molecule has 0 spiro atoms. The Kier molecular flexibility index (Phi) is 7.90. The standard InChI is InChI=1S/C27H19Cl2N3O6/c28-19-3-1-2-16(12-19)13-24(26(34)30-21-7-4-17(5-8-21)27(35)36)31-11-10-18(14-25(31)33)22-15-20(29)6-9-23(22)32(37)38/h1-12,14-15,24H,13H2,(H,30,34)(H,35,36)/t24-/m1/s1. The van der Waals surface area contributed by atoms with Gasteiger partial charge in [-0.2, -0.15) is 0 Å². The van der Waals surface area contributed by atoms with Gasteiger partial charge in [-0.15, -0.1) is 0 Å². The zero-order chi connectivity index (χ0) is 27.4. The Bertz CT molecular complexity index is 1600. The maximum atomic E-state index is 13.4. The van der Waals surface area contributed by atoms with E-state index in [2.05, 4.69) is 5.32 Å². The maximum Gasteiger partial charge on any atom is 0.335 e. The fourth-order valence-electron chi connectivity index (χ4n) is 3.94. The van der Waals surface area contributed by atoms with Gasteiger partial charge in [-0.3, -0.25) is 19.7 Å². The number of nitro groups is 1. The van der Waals surface area contributed by atoms with Gasteiger partial charge in [-0.05, 0) is 65.7 Å². The van der Waals surface area contributed by atoms with Gasteiger partial charge in [-0.1, -0.05) is 35.3 Å². The quantitative estimate of drug-likeness (QED) is 0.208. The van der Waals surface area contributed by atoms with E-state index < -0.39 is 28.4 Å². The third kappa shape index (κ3) is 6.08. The molecule has 0 radical (unpaired) electrons. The van der Waals surface area contributed by atoms with Gasteiger partial charge in [-0.25, -0.2) is 4.79 Å². The number of hydrogen-bond acceptors (Lipinski definition) is 5. The number of carboxylic acids is 1. The molecule has 1 atom stereocenters. The van der Waals surface area contributed by atoms with E-state index in [0.29, 0.717) is 16.3 Å². The third-order valence-electron chi connectivity index (χ3n) is 5.77. The van der Waals surface area contributed by atoms with Crippen molar-refractivity contribution in [2.24, 2.45) is 0 Å². The summed E-state index contributed by atoms with van der Waals surface area (Å²) in [4.78, 5) is 48.7. The second-order valence-electron chi connectivity index (χ2n) is 8.30. The molecule has 4 rings (SSSR count). The normalized spacial score (nSPS) is 11.5. The Hall–Kier alpha value is -4.47. The maximum absolute atomic E-state index is 13.4.